The van der Waals surface area contributed by atoms with Crippen LogP contribution in [0.1, 0.15) is 39.2 Å². The molecule has 1 aromatic rings. The van der Waals surface area contributed by atoms with Crippen molar-refractivity contribution in [1.82, 2.24) is 10.3 Å². The van der Waals surface area contributed by atoms with Gasteiger partial charge in [0.05, 0.1) is 0 Å². The maximum Gasteiger partial charge on any atom is 0.129 e. The van der Waals surface area contributed by atoms with Crippen molar-refractivity contribution in [3.63, 3.8) is 0 Å². The maximum absolute atomic E-state index is 4.60. The third-order valence-corrected chi connectivity index (χ3v) is 3.24. The topological polar surface area (TPSA) is 28.2 Å². The van der Waals surface area contributed by atoms with Gasteiger partial charge in [-0.05, 0) is 45.2 Å². The van der Waals surface area contributed by atoms with Crippen molar-refractivity contribution in [2.75, 3.05) is 11.4 Å². The Morgan fingerprint density at radius 2 is 2.16 bits per heavy atom. The summed E-state index contributed by atoms with van der Waals surface area (Å²) in [7, 11) is 0. The third kappa shape index (κ3) is 4.35. The van der Waals surface area contributed by atoms with E-state index in [2.05, 4.69) is 54.7 Å². The third-order valence-electron chi connectivity index (χ3n) is 3.24. The first-order chi connectivity index (χ1) is 8.99. The largest absolute Gasteiger partial charge is 0.350 e. The highest BCUT2D eigenvalue weighted by atomic mass is 15.2. The highest BCUT2D eigenvalue weighted by Crippen LogP contribution is 2.30. The quantitative estimate of drug-likeness (QED) is 0.796. The van der Waals surface area contributed by atoms with Gasteiger partial charge in [0, 0.05) is 30.9 Å². The van der Waals surface area contributed by atoms with Crippen LogP contribution < -0.4 is 10.2 Å². The molecular weight excluding hydrogens is 234 g/mol. The Morgan fingerprint density at radius 3 is 2.63 bits per heavy atom. The van der Waals surface area contributed by atoms with Crippen LogP contribution in [-0.2, 0) is 6.54 Å². The lowest BCUT2D eigenvalue weighted by Crippen LogP contribution is -2.35. The number of hydrogen-bond donors (Lipinski definition) is 1. The summed E-state index contributed by atoms with van der Waals surface area (Å²) in [5.74, 6) is 1.07. The van der Waals surface area contributed by atoms with Crippen molar-refractivity contribution in [1.29, 1.82) is 0 Å². The Balaban J connectivity index is 1.98. The molecule has 0 atom stereocenters. The minimum absolute atomic E-state index is 0.140. The van der Waals surface area contributed by atoms with Crippen molar-refractivity contribution in [3.05, 3.63) is 36.5 Å². The fraction of sp³-hybridized carbons (Fsp3) is 0.562. The molecule has 1 aliphatic carbocycles. The summed E-state index contributed by atoms with van der Waals surface area (Å²) in [5, 5.41) is 3.48. The van der Waals surface area contributed by atoms with Crippen molar-refractivity contribution in [3.8, 4) is 0 Å². The molecule has 0 unspecified atom stereocenters. The van der Waals surface area contributed by atoms with Gasteiger partial charge in [-0.1, -0.05) is 12.1 Å². The molecule has 3 heteroatoms. The lowest BCUT2D eigenvalue weighted by Gasteiger charge is -2.23. The number of nitrogens with zero attached hydrogens (tertiary/aromatic N) is 2. The number of pyridine rings is 1. The highest BCUT2D eigenvalue weighted by Gasteiger charge is 2.29. The minimum atomic E-state index is 0.140. The molecule has 0 amide bonds. The Kier molecular flexibility index (Phi) is 4.25. The molecule has 1 fully saturated rings. The van der Waals surface area contributed by atoms with Crippen molar-refractivity contribution < 1.29 is 0 Å². The summed E-state index contributed by atoms with van der Waals surface area (Å²) in [6, 6.07) is 4.96. The van der Waals surface area contributed by atoms with Gasteiger partial charge in [0.2, 0.25) is 0 Å². The van der Waals surface area contributed by atoms with E-state index in [1.165, 1.54) is 18.4 Å². The van der Waals surface area contributed by atoms with Gasteiger partial charge >= 0.3 is 0 Å². The molecule has 19 heavy (non-hydrogen) atoms. The van der Waals surface area contributed by atoms with E-state index in [-0.39, 0.29) is 5.54 Å². The van der Waals surface area contributed by atoms with E-state index in [9.17, 15) is 0 Å². The van der Waals surface area contributed by atoms with Crippen LogP contribution in [0.2, 0.25) is 0 Å². The minimum Gasteiger partial charge on any atom is -0.350 e. The maximum atomic E-state index is 4.60. The van der Waals surface area contributed by atoms with E-state index in [1.54, 1.807) is 0 Å². The smallest absolute Gasteiger partial charge is 0.129 e. The monoisotopic (exact) mass is 259 g/mol. The summed E-state index contributed by atoms with van der Waals surface area (Å²) in [6.45, 7) is 12.1. The fourth-order valence-electron chi connectivity index (χ4n) is 2.01. The molecule has 0 saturated heterocycles. The average Bonchev–Trinajstić information content (AvgIpc) is 3.18. The van der Waals surface area contributed by atoms with E-state index in [0.29, 0.717) is 6.04 Å². The van der Waals surface area contributed by atoms with Crippen LogP contribution in [0, 0.1) is 0 Å². The van der Waals surface area contributed by atoms with Crippen molar-refractivity contribution in [2.24, 2.45) is 0 Å². The van der Waals surface area contributed by atoms with Gasteiger partial charge in [-0.2, -0.15) is 0 Å². The summed E-state index contributed by atoms with van der Waals surface area (Å²) >= 11 is 0. The predicted molar refractivity (Wildman–Crippen MR) is 81.4 cm³/mol. The van der Waals surface area contributed by atoms with Crippen LogP contribution in [0.3, 0.4) is 0 Å². The first kappa shape index (κ1) is 14.1. The molecule has 104 valence electrons. The average molecular weight is 259 g/mol. The van der Waals surface area contributed by atoms with Gasteiger partial charge in [0.1, 0.15) is 5.82 Å². The fourth-order valence-corrected chi connectivity index (χ4v) is 2.01. The molecule has 3 nitrogen and oxygen atoms in total. The van der Waals surface area contributed by atoms with Crippen LogP contribution in [-0.4, -0.2) is 23.1 Å². The first-order valence-electron chi connectivity index (χ1n) is 7.07. The molecule has 0 spiro atoms. The van der Waals surface area contributed by atoms with Crippen LogP contribution in [0.4, 0.5) is 5.82 Å². The van der Waals surface area contributed by atoms with Crippen molar-refractivity contribution >= 4 is 5.82 Å². The van der Waals surface area contributed by atoms with Gasteiger partial charge in [-0.3, -0.25) is 0 Å². The molecule has 0 aromatic carbocycles. The Morgan fingerprint density at radius 1 is 1.42 bits per heavy atom. The Labute approximate surface area is 116 Å². The molecule has 1 saturated carbocycles. The molecule has 1 N–H and O–H groups in total. The second-order valence-corrected chi connectivity index (χ2v) is 6.30. The standard InChI is InChI=1S/C16H25N3/c1-5-10-19(14-7-8-14)15-9-6-13(11-17-15)12-18-16(2,3)4/h5-6,9,11,14,18H,1,7-8,10,12H2,2-4H3. The zero-order valence-electron chi connectivity index (χ0n) is 12.3. The van der Waals surface area contributed by atoms with Gasteiger partial charge < -0.3 is 10.2 Å². The Hall–Kier alpha value is -1.35. The molecule has 0 bridgehead atoms. The number of anilines is 1. The number of nitrogens with one attached hydrogen (secondary N) is 1. The molecular formula is C16H25N3. The number of aromatic nitrogens is 1. The lowest BCUT2D eigenvalue weighted by atomic mass is 10.1. The van der Waals surface area contributed by atoms with Crippen LogP contribution in [0.25, 0.3) is 0 Å². The lowest BCUT2D eigenvalue weighted by molar-refractivity contribution is 0.424. The second-order valence-electron chi connectivity index (χ2n) is 6.30. The summed E-state index contributed by atoms with van der Waals surface area (Å²) in [6.07, 6.45) is 6.49. The van der Waals surface area contributed by atoms with Gasteiger partial charge in [-0.25, -0.2) is 4.98 Å². The number of hydrogen-bond acceptors (Lipinski definition) is 3. The SMILES string of the molecule is C=CCN(c1ccc(CNC(C)(C)C)cn1)C1CC1. The van der Waals surface area contributed by atoms with E-state index in [1.807, 2.05) is 12.3 Å². The molecule has 0 aliphatic heterocycles. The van der Waals surface area contributed by atoms with E-state index < -0.39 is 0 Å². The summed E-state index contributed by atoms with van der Waals surface area (Å²) in [5.41, 5.74) is 1.37. The summed E-state index contributed by atoms with van der Waals surface area (Å²) in [4.78, 5) is 6.94. The van der Waals surface area contributed by atoms with Crippen LogP contribution in [0.15, 0.2) is 31.0 Å². The zero-order chi connectivity index (χ0) is 13.9. The molecule has 0 radical (unpaired) electrons. The molecule has 1 aromatic heterocycles. The van der Waals surface area contributed by atoms with Gasteiger partial charge in [0.25, 0.3) is 0 Å². The Bertz CT molecular complexity index is 413. The van der Waals surface area contributed by atoms with Gasteiger partial charge in [-0.15, -0.1) is 6.58 Å². The highest BCUT2D eigenvalue weighted by molar-refractivity contribution is 5.43. The predicted octanol–water partition coefficient (Wildman–Crippen LogP) is 3.12. The van der Waals surface area contributed by atoms with Crippen LogP contribution >= 0.6 is 0 Å². The van der Waals surface area contributed by atoms with E-state index in [0.717, 1.165) is 18.9 Å². The second kappa shape index (κ2) is 5.74. The summed E-state index contributed by atoms with van der Waals surface area (Å²) < 4.78 is 0. The zero-order valence-corrected chi connectivity index (χ0v) is 12.3. The first-order valence-corrected chi connectivity index (χ1v) is 7.07. The molecule has 2 rings (SSSR count). The van der Waals surface area contributed by atoms with Crippen molar-refractivity contribution in [2.45, 2.75) is 51.7 Å². The van der Waals surface area contributed by atoms with E-state index >= 15 is 0 Å². The normalized spacial score (nSPS) is 15.3. The number of rotatable bonds is 6. The van der Waals surface area contributed by atoms with E-state index in [4.69, 9.17) is 0 Å². The van der Waals surface area contributed by atoms with Gasteiger partial charge in [0.15, 0.2) is 0 Å². The molecule has 1 aliphatic rings. The van der Waals surface area contributed by atoms with Crippen LogP contribution in [0.5, 0.6) is 0 Å². The molecule has 1 heterocycles.